The highest BCUT2D eigenvalue weighted by molar-refractivity contribution is 5.92. The van der Waals surface area contributed by atoms with Gasteiger partial charge in [0.05, 0.1) is 30.9 Å². The van der Waals surface area contributed by atoms with Crippen LogP contribution in [0.25, 0.3) is 0 Å². The molecule has 162 valence electrons. The number of aromatic nitrogens is 1. The van der Waals surface area contributed by atoms with Crippen LogP contribution in [0.15, 0.2) is 28.9 Å². The van der Waals surface area contributed by atoms with Gasteiger partial charge in [0.15, 0.2) is 6.61 Å². The molecule has 0 atom stereocenters. The van der Waals surface area contributed by atoms with Gasteiger partial charge >= 0.3 is 11.9 Å². The lowest BCUT2D eigenvalue weighted by molar-refractivity contribution is -0.151. The third-order valence-corrected chi connectivity index (χ3v) is 5.48. The fourth-order valence-electron chi connectivity index (χ4n) is 3.73. The van der Waals surface area contributed by atoms with Crippen LogP contribution in [0.1, 0.15) is 47.3 Å². The zero-order chi connectivity index (χ0) is 21.7. The van der Waals surface area contributed by atoms with Crippen LogP contribution in [0.3, 0.4) is 0 Å². The van der Waals surface area contributed by atoms with Gasteiger partial charge in [-0.3, -0.25) is 9.59 Å². The second-order valence-electron chi connectivity index (χ2n) is 7.43. The van der Waals surface area contributed by atoms with E-state index in [4.69, 9.17) is 13.9 Å². The molecule has 0 bridgehead atoms. The molecule has 0 spiro atoms. The molecule has 0 radical (unpaired) electrons. The first-order chi connectivity index (χ1) is 14.4. The molecule has 1 fully saturated rings. The van der Waals surface area contributed by atoms with Crippen molar-refractivity contribution in [1.29, 1.82) is 0 Å². The first kappa shape index (κ1) is 21.7. The van der Waals surface area contributed by atoms with Crippen LogP contribution >= 0.6 is 0 Å². The fourth-order valence-corrected chi connectivity index (χ4v) is 3.73. The molecule has 8 nitrogen and oxygen atoms in total. The summed E-state index contributed by atoms with van der Waals surface area (Å²) < 4.78 is 17.7. The molecular weight excluding hydrogens is 388 g/mol. The number of amides is 1. The molecule has 2 aromatic rings. The molecule has 3 rings (SSSR count). The standard InChI is InChI=1S/C22H28N2O6/c1-4-28-21(26)17-7-9-23(10-8-17)20(25)14-30-22(27)19-12-15(2)24(16(19)3)13-18-6-5-11-29-18/h5-6,11-12,17H,4,7-10,13-14H2,1-3H3. The Morgan fingerprint density at radius 2 is 1.90 bits per heavy atom. The quantitative estimate of drug-likeness (QED) is 0.645. The predicted molar refractivity (Wildman–Crippen MR) is 108 cm³/mol. The topological polar surface area (TPSA) is 91.0 Å². The van der Waals surface area contributed by atoms with Crippen LogP contribution in [0.2, 0.25) is 0 Å². The van der Waals surface area contributed by atoms with Crippen molar-refractivity contribution in [2.24, 2.45) is 5.92 Å². The number of carbonyl (C=O) groups is 3. The molecular formula is C22H28N2O6. The smallest absolute Gasteiger partial charge is 0.340 e. The summed E-state index contributed by atoms with van der Waals surface area (Å²) in [6.07, 6.45) is 2.73. The molecule has 0 saturated carbocycles. The van der Waals surface area contributed by atoms with Gasteiger partial charge in [-0.05, 0) is 51.8 Å². The second-order valence-corrected chi connectivity index (χ2v) is 7.43. The third kappa shape index (κ3) is 4.93. The van der Waals surface area contributed by atoms with E-state index in [0.29, 0.717) is 44.6 Å². The Morgan fingerprint density at radius 3 is 2.53 bits per heavy atom. The van der Waals surface area contributed by atoms with Gasteiger partial charge < -0.3 is 23.4 Å². The molecule has 1 aliphatic rings. The molecule has 0 N–H and O–H groups in total. The lowest BCUT2D eigenvalue weighted by Gasteiger charge is -2.30. The number of piperidine rings is 1. The zero-order valence-electron chi connectivity index (χ0n) is 17.7. The molecule has 30 heavy (non-hydrogen) atoms. The van der Waals surface area contributed by atoms with Crippen molar-refractivity contribution in [3.05, 3.63) is 47.2 Å². The van der Waals surface area contributed by atoms with Crippen LogP contribution in [-0.2, 0) is 25.6 Å². The van der Waals surface area contributed by atoms with Gasteiger partial charge in [0, 0.05) is 24.5 Å². The Hall–Kier alpha value is -3.03. The summed E-state index contributed by atoms with van der Waals surface area (Å²) >= 11 is 0. The lowest BCUT2D eigenvalue weighted by atomic mass is 9.97. The molecule has 1 amide bonds. The van der Waals surface area contributed by atoms with Crippen LogP contribution < -0.4 is 0 Å². The van der Waals surface area contributed by atoms with E-state index < -0.39 is 5.97 Å². The van der Waals surface area contributed by atoms with Crippen molar-refractivity contribution >= 4 is 17.8 Å². The number of ether oxygens (including phenoxy) is 2. The molecule has 3 heterocycles. The monoisotopic (exact) mass is 416 g/mol. The Morgan fingerprint density at radius 1 is 1.17 bits per heavy atom. The van der Waals surface area contributed by atoms with Crippen molar-refractivity contribution in [2.45, 2.75) is 40.2 Å². The van der Waals surface area contributed by atoms with Crippen LogP contribution in [-0.4, -0.2) is 53.6 Å². The maximum atomic E-state index is 12.5. The summed E-state index contributed by atoms with van der Waals surface area (Å²) in [6, 6.07) is 5.45. The van der Waals surface area contributed by atoms with E-state index >= 15 is 0 Å². The Bertz CT molecular complexity index is 891. The summed E-state index contributed by atoms with van der Waals surface area (Å²) in [6.45, 7) is 7.00. The number of rotatable bonds is 7. The summed E-state index contributed by atoms with van der Waals surface area (Å²) in [4.78, 5) is 38.4. The summed E-state index contributed by atoms with van der Waals surface area (Å²) in [7, 11) is 0. The van der Waals surface area contributed by atoms with Crippen LogP contribution in [0, 0.1) is 19.8 Å². The highest BCUT2D eigenvalue weighted by atomic mass is 16.5. The average molecular weight is 416 g/mol. The van der Waals surface area contributed by atoms with Gasteiger partial charge in [-0.15, -0.1) is 0 Å². The van der Waals surface area contributed by atoms with Crippen LogP contribution in [0.5, 0.6) is 0 Å². The Labute approximate surface area is 175 Å². The van der Waals surface area contributed by atoms with Gasteiger partial charge in [0.25, 0.3) is 5.91 Å². The van der Waals surface area contributed by atoms with Crippen LogP contribution in [0.4, 0.5) is 0 Å². The van der Waals surface area contributed by atoms with Crippen molar-refractivity contribution < 1.29 is 28.3 Å². The number of likely N-dealkylation sites (tertiary alicyclic amines) is 1. The molecule has 0 unspecified atom stereocenters. The van der Waals surface area contributed by atoms with E-state index in [0.717, 1.165) is 17.1 Å². The summed E-state index contributed by atoms with van der Waals surface area (Å²) in [5, 5.41) is 0. The number of esters is 2. The molecule has 0 aliphatic carbocycles. The maximum Gasteiger partial charge on any atom is 0.340 e. The van der Waals surface area contributed by atoms with E-state index in [-0.39, 0.29) is 24.4 Å². The van der Waals surface area contributed by atoms with Gasteiger partial charge in [-0.25, -0.2) is 4.79 Å². The van der Waals surface area contributed by atoms with E-state index in [9.17, 15) is 14.4 Å². The number of furan rings is 1. The third-order valence-electron chi connectivity index (χ3n) is 5.48. The largest absolute Gasteiger partial charge is 0.467 e. The lowest BCUT2D eigenvalue weighted by Crippen LogP contribution is -2.42. The molecule has 8 heteroatoms. The number of aryl methyl sites for hydroxylation is 1. The Kier molecular flexibility index (Phi) is 6.97. The summed E-state index contributed by atoms with van der Waals surface area (Å²) in [5.41, 5.74) is 2.10. The number of hydrogen-bond acceptors (Lipinski definition) is 6. The van der Waals surface area contributed by atoms with Crippen molar-refractivity contribution in [3.63, 3.8) is 0 Å². The van der Waals surface area contributed by atoms with E-state index in [1.807, 2.05) is 30.5 Å². The number of carbonyl (C=O) groups excluding carboxylic acids is 3. The van der Waals surface area contributed by atoms with E-state index in [1.165, 1.54) is 0 Å². The fraction of sp³-hybridized carbons (Fsp3) is 0.500. The minimum Gasteiger partial charge on any atom is -0.467 e. The summed E-state index contributed by atoms with van der Waals surface area (Å²) in [5.74, 6) is -0.367. The second kappa shape index (κ2) is 9.65. The van der Waals surface area contributed by atoms with Gasteiger partial charge in [-0.2, -0.15) is 0 Å². The molecule has 2 aromatic heterocycles. The Balaban J connectivity index is 1.52. The first-order valence-electron chi connectivity index (χ1n) is 10.2. The van der Waals surface area contributed by atoms with E-state index in [2.05, 4.69) is 0 Å². The number of nitrogens with zero attached hydrogens (tertiary/aromatic N) is 2. The van der Waals surface area contributed by atoms with Crippen molar-refractivity contribution in [1.82, 2.24) is 9.47 Å². The highest BCUT2D eigenvalue weighted by Gasteiger charge is 2.29. The maximum absolute atomic E-state index is 12.5. The highest BCUT2D eigenvalue weighted by Crippen LogP contribution is 2.20. The minimum atomic E-state index is -0.524. The minimum absolute atomic E-state index is 0.170. The van der Waals surface area contributed by atoms with E-state index in [1.54, 1.807) is 24.2 Å². The predicted octanol–water partition coefficient (Wildman–Crippen LogP) is 2.70. The normalized spacial score (nSPS) is 14.6. The van der Waals surface area contributed by atoms with Crippen molar-refractivity contribution in [3.8, 4) is 0 Å². The van der Waals surface area contributed by atoms with Gasteiger partial charge in [-0.1, -0.05) is 0 Å². The average Bonchev–Trinajstić information content (AvgIpc) is 3.36. The number of hydrogen-bond donors (Lipinski definition) is 0. The molecule has 1 saturated heterocycles. The molecule has 1 aliphatic heterocycles. The SMILES string of the molecule is CCOC(=O)C1CCN(C(=O)COC(=O)c2cc(C)n(Cc3ccco3)c2C)CC1. The molecule has 0 aromatic carbocycles. The first-order valence-corrected chi connectivity index (χ1v) is 10.2. The zero-order valence-corrected chi connectivity index (χ0v) is 17.7. The van der Waals surface area contributed by atoms with Gasteiger partial charge in [0.1, 0.15) is 5.76 Å². The van der Waals surface area contributed by atoms with Crippen molar-refractivity contribution in [2.75, 3.05) is 26.3 Å². The van der Waals surface area contributed by atoms with Gasteiger partial charge in [0.2, 0.25) is 0 Å².